The number of aliphatic carboxylic acids is 1. The number of hydrogen-bond donors (Lipinski definition) is 1. The van der Waals surface area contributed by atoms with Crippen LogP contribution in [0.15, 0.2) is 11.6 Å². The largest absolute Gasteiger partial charge is 0.481 e. The highest BCUT2D eigenvalue weighted by atomic mass is 16.5. The van der Waals surface area contributed by atoms with Gasteiger partial charge in [-0.15, -0.1) is 0 Å². The van der Waals surface area contributed by atoms with Gasteiger partial charge < -0.3 is 9.84 Å². The molecule has 4 aliphatic rings. The second kappa shape index (κ2) is 7.06. The zero-order valence-electron chi connectivity index (χ0n) is 17.2. The quantitative estimate of drug-likeness (QED) is 0.723. The Morgan fingerprint density at radius 3 is 2.59 bits per heavy atom. The summed E-state index contributed by atoms with van der Waals surface area (Å²) in [6.07, 6.45) is 6.00. The van der Waals surface area contributed by atoms with Gasteiger partial charge in [0.15, 0.2) is 5.78 Å². The summed E-state index contributed by atoms with van der Waals surface area (Å²) in [5.41, 5.74) is 0.484. The van der Waals surface area contributed by atoms with Crippen LogP contribution in [0.25, 0.3) is 0 Å². The van der Waals surface area contributed by atoms with Crippen molar-refractivity contribution < 1.29 is 29.0 Å². The average molecular weight is 402 g/mol. The third kappa shape index (κ3) is 3.24. The predicted molar refractivity (Wildman–Crippen MR) is 104 cm³/mol. The van der Waals surface area contributed by atoms with Crippen molar-refractivity contribution in [1.82, 2.24) is 0 Å². The fraction of sp³-hybridized carbons (Fsp3) is 0.739. The number of carboxylic acid groups (broad SMARTS) is 1. The van der Waals surface area contributed by atoms with Crippen molar-refractivity contribution in [3.8, 4) is 0 Å². The van der Waals surface area contributed by atoms with E-state index in [4.69, 9.17) is 9.84 Å². The van der Waals surface area contributed by atoms with Gasteiger partial charge in [-0.25, -0.2) is 0 Å². The first kappa shape index (κ1) is 20.3. The minimum Gasteiger partial charge on any atom is -0.481 e. The molecule has 0 amide bonds. The molecule has 6 atom stereocenters. The van der Waals surface area contributed by atoms with E-state index in [0.29, 0.717) is 25.2 Å². The second-order valence-corrected chi connectivity index (χ2v) is 9.89. The minimum absolute atomic E-state index is 0.0772. The molecule has 3 saturated carbocycles. The summed E-state index contributed by atoms with van der Waals surface area (Å²) in [5.74, 6) is -0.441. The number of carbonyl (C=O) groups excluding carboxylic acids is 3. The second-order valence-electron chi connectivity index (χ2n) is 9.89. The van der Waals surface area contributed by atoms with E-state index in [2.05, 4.69) is 6.92 Å². The summed E-state index contributed by atoms with van der Waals surface area (Å²) in [6, 6.07) is 0. The Morgan fingerprint density at radius 2 is 1.86 bits per heavy atom. The first-order chi connectivity index (χ1) is 13.6. The summed E-state index contributed by atoms with van der Waals surface area (Å²) >= 11 is 0. The average Bonchev–Trinajstić information content (AvgIpc) is 2.95. The van der Waals surface area contributed by atoms with Gasteiger partial charge in [-0.05, 0) is 55.4 Å². The molecule has 0 unspecified atom stereocenters. The van der Waals surface area contributed by atoms with Crippen LogP contribution in [0, 0.1) is 28.6 Å². The van der Waals surface area contributed by atoms with Crippen molar-refractivity contribution in [3.63, 3.8) is 0 Å². The molecule has 0 aliphatic heterocycles. The maximum atomic E-state index is 12.8. The lowest BCUT2D eigenvalue weighted by molar-refractivity contribution is -0.177. The van der Waals surface area contributed by atoms with E-state index < -0.39 is 23.5 Å². The molecule has 6 heteroatoms. The summed E-state index contributed by atoms with van der Waals surface area (Å²) in [4.78, 5) is 48.1. The molecule has 6 nitrogen and oxygen atoms in total. The lowest BCUT2D eigenvalue weighted by Crippen LogP contribution is -2.57. The molecule has 1 N–H and O–H groups in total. The summed E-state index contributed by atoms with van der Waals surface area (Å²) in [6.45, 7) is 4.22. The van der Waals surface area contributed by atoms with Crippen LogP contribution in [0.1, 0.15) is 71.6 Å². The molecule has 4 rings (SSSR count). The highest BCUT2D eigenvalue weighted by Crippen LogP contribution is 2.64. The Labute approximate surface area is 171 Å². The maximum Gasteiger partial charge on any atom is 0.306 e. The SMILES string of the molecule is C[C@]12CCC(=O)C=C1CC[C@@H]1[C@@H]2[C@H](OC(=O)CCC(=O)O)C[C@]2(C)C(=O)CC[C@@H]12. The molecule has 4 aliphatic carbocycles. The van der Waals surface area contributed by atoms with Gasteiger partial charge in [-0.2, -0.15) is 0 Å². The van der Waals surface area contributed by atoms with Gasteiger partial charge in [0.2, 0.25) is 0 Å². The van der Waals surface area contributed by atoms with E-state index >= 15 is 0 Å². The van der Waals surface area contributed by atoms with Crippen molar-refractivity contribution in [2.75, 3.05) is 0 Å². The number of Topliss-reactive ketones (excluding diaryl/α,β-unsaturated/α-hetero) is 1. The van der Waals surface area contributed by atoms with Crippen LogP contribution in [-0.2, 0) is 23.9 Å². The van der Waals surface area contributed by atoms with Crippen LogP contribution in [0.5, 0.6) is 0 Å². The van der Waals surface area contributed by atoms with E-state index in [1.54, 1.807) is 6.08 Å². The third-order valence-corrected chi connectivity index (χ3v) is 8.41. The number of carboxylic acids is 1. The lowest BCUT2D eigenvalue weighted by atomic mass is 9.46. The molecule has 0 aromatic heterocycles. The van der Waals surface area contributed by atoms with E-state index in [1.807, 2.05) is 6.92 Å². The number of fused-ring (bicyclic) bond motifs is 5. The number of ether oxygens (including phenoxy) is 1. The number of esters is 1. The van der Waals surface area contributed by atoms with Crippen molar-refractivity contribution in [2.24, 2.45) is 28.6 Å². The highest BCUT2D eigenvalue weighted by Gasteiger charge is 2.63. The van der Waals surface area contributed by atoms with Crippen LogP contribution in [-0.4, -0.2) is 34.7 Å². The van der Waals surface area contributed by atoms with Crippen molar-refractivity contribution in [1.29, 1.82) is 0 Å². The van der Waals surface area contributed by atoms with Crippen LogP contribution >= 0.6 is 0 Å². The lowest BCUT2D eigenvalue weighted by Gasteiger charge is -2.59. The fourth-order valence-electron chi connectivity index (χ4n) is 6.97. The fourth-order valence-corrected chi connectivity index (χ4v) is 6.97. The number of hydrogen-bond acceptors (Lipinski definition) is 5. The highest BCUT2D eigenvalue weighted by molar-refractivity contribution is 5.92. The van der Waals surface area contributed by atoms with Gasteiger partial charge in [0.25, 0.3) is 0 Å². The van der Waals surface area contributed by atoms with Gasteiger partial charge in [0, 0.05) is 24.2 Å². The van der Waals surface area contributed by atoms with E-state index in [1.165, 1.54) is 0 Å². The molecule has 0 aromatic carbocycles. The van der Waals surface area contributed by atoms with Crippen molar-refractivity contribution in [2.45, 2.75) is 77.7 Å². The molecule has 29 heavy (non-hydrogen) atoms. The Morgan fingerprint density at radius 1 is 1.10 bits per heavy atom. The Balaban J connectivity index is 1.68. The Bertz CT molecular complexity index is 797. The van der Waals surface area contributed by atoms with Gasteiger partial charge in [0.05, 0.1) is 12.8 Å². The summed E-state index contributed by atoms with van der Waals surface area (Å²) in [7, 11) is 0. The van der Waals surface area contributed by atoms with Crippen LogP contribution in [0.4, 0.5) is 0 Å². The number of allylic oxidation sites excluding steroid dienone is 1. The molecule has 158 valence electrons. The normalized spacial score (nSPS) is 41.1. The van der Waals surface area contributed by atoms with Gasteiger partial charge in [0.1, 0.15) is 11.9 Å². The predicted octanol–water partition coefficient (Wildman–Crippen LogP) is 3.47. The molecule has 0 saturated heterocycles. The molecule has 0 spiro atoms. The monoisotopic (exact) mass is 402 g/mol. The van der Waals surface area contributed by atoms with Gasteiger partial charge in [-0.1, -0.05) is 19.4 Å². The van der Waals surface area contributed by atoms with Crippen molar-refractivity contribution in [3.05, 3.63) is 11.6 Å². The van der Waals surface area contributed by atoms with Gasteiger partial charge >= 0.3 is 11.9 Å². The molecular weight excluding hydrogens is 372 g/mol. The standard InChI is InChI=1S/C23H30O6/c1-22-10-9-14(24)11-13(22)3-4-15-16-5-6-18(25)23(16,2)12-17(21(15)22)29-20(28)8-7-19(26)27/h11,15-17,21H,3-10,12H2,1-2H3,(H,26,27)/t15-,16-,17+,21+,22-,23-/m0/s1. The zero-order chi connectivity index (χ0) is 21.0. The van der Waals surface area contributed by atoms with Crippen molar-refractivity contribution >= 4 is 23.5 Å². The molecule has 0 heterocycles. The number of ketones is 2. The maximum absolute atomic E-state index is 12.8. The number of rotatable bonds is 4. The minimum atomic E-state index is -1.03. The van der Waals surface area contributed by atoms with Crippen LogP contribution in [0.2, 0.25) is 0 Å². The molecular formula is C23H30O6. The Kier molecular flexibility index (Phi) is 4.94. The van der Waals surface area contributed by atoms with Crippen LogP contribution in [0.3, 0.4) is 0 Å². The smallest absolute Gasteiger partial charge is 0.306 e. The van der Waals surface area contributed by atoms with E-state index in [-0.39, 0.29) is 41.7 Å². The molecule has 0 radical (unpaired) electrons. The van der Waals surface area contributed by atoms with E-state index in [9.17, 15) is 19.2 Å². The molecule has 3 fully saturated rings. The first-order valence-corrected chi connectivity index (χ1v) is 10.8. The zero-order valence-corrected chi connectivity index (χ0v) is 17.2. The number of carbonyl (C=O) groups is 4. The van der Waals surface area contributed by atoms with Gasteiger partial charge in [-0.3, -0.25) is 19.2 Å². The third-order valence-electron chi connectivity index (χ3n) is 8.41. The van der Waals surface area contributed by atoms with E-state index in [0.717, 1.165) is 31.3 Å². The molecule has 0 bridgehead atoms. The summed E-state index contributed by atoms with van der Waals surface area (Å²) in [5, 5.41) is 8.88. The molecule has 0 aromatic rings. The topological polar surface area (TPSA) is 97.7 Å². The Hall–Kier alpha value is -1.98. The first-order valence-electron chi connectivity index (χ1n) is 10.8. The van der Waals surface area contributed by atoms with Crippen LogP contribution < -0.4 is 0 Å². The summed E-state index contributed by atoms with van der Waals surface area (Å²) < 4.78 is 5.91.